The Balaban J connectivity index is 1.94. The third-order valence-electron chi connectivity index (χ3n) is 2.89. The van der Waals surface area contributed by atoms with Crippen molar-refractivity contribution in [1.29, 1.82) is 0 Å². The van der Waals surface area contributed by atoms with Crippen LogP contribution in [0.3, 0.4) is 0 Å². The highest BCUT2D eigenvalue weighted by molar-refractivity contribution is 6.04. The van der Waals surface area contributed by atoms with Gasteiger partial charge >= 0.3 is 0 Å². The van der Waals surface area contributed by atoms with E-state index in [0.29, 0.717) is 12.1 Å². The van der Waals surface area contributed by atoms with Crippen LogP contribution in [0, 0.1) is 5.82 Å². The van der Waals surface area contributed by atoms with Crippen LogP contribution < -0.4 is 5.32 Å². The van der Waals surface area contributed by atoms with E-state index in [4.69, 9.17) is 0 Å². The number of hydrogen-bond acceptors (Lipinski definition) is 2. The summed E-state index contributed by atoms with van der Waals surface area (Å²) in [5.41, 5.74) is 2.41. The molecule has 3 heteroatoms. The molecule has 0 saturated heterocycles. The minimum Gasteiger partial charge on any atom is -0.384 e. The van der Waals surface area contributed by atoms with Crippen molar-refractivity contribution in [2.45, 2.75) is 13.5 Å². The molecule has 2 nitrogen and oxygen atoms in total. The molecule has 0 radical (unpaired) electrons. The zero-order valence-electron chi connectivity index (χ0n) is 11.3. The highest BCUT2D eigenvalue weighted by Gasteiger charge is 2.02. The van der Waals surface area contributed by atoms with Crippen molar-refractivity contribution in [3.8, 4) is 0 Å². The lowest BCUT2D eigenvalue weighted by Crippen LogP contribution is -2.12. The number of rotatable bonds is 5. The first kappa shape index (κ1) is 14.0. The van der Waals surface area contributed by atoms with Crippen molar-refractivity contribution in [3.05, 3.63) is 83.3 Å². The van der Waals surface area contributed by atoms with Crippen molar-refractivity contribution in [3.63, 3.8) is 0 Å². The SMILES string of the molecule is CC(=CC(=O)c1ccccc1)NCc1ccc(F)cc1. The molecule has 102 valence electrons. The Morgan fingerprint density at radius 1 is 1.10 bits per heavy atom. The Hall–Kier alpha value is -2.42. The Kier molecular flexibility index (Phi) is 4.66. The van der Waals surface area contributed by atoms with Crippen molar-refractivity contribution in [2.75, 3.05) is 0 Å². The van der Waals surface area contributed by atoms with Crippen LogP contribution in [-0.4, -0.2) is 5.78 Å². The van der Waals surface area contributed by atoms with Gasteiger partial charge in [-0.3, -0.25) is 4.79 Å². The van der Waals surface area contributed by atoms with Gasteiger partial charge in [0, 0.05) is 23.9 Å². The fourth-order valence-electron chi connectivity index (χ4n) is 1.78. The van der Waals surface area contributed by atoms with Crippen molar-refractivity contribution in [2.24, 2.45) is 0 Å². The van der Waals surface area contributed by atoms with Gasteiger partial charge in [0.1, 0.15) is 5.82 Å². The number of halogens is 1. The molecule has 0 spiro atoms. The van der Waals surface area contributed by atoms with Gasteiger partial charge in [-0.25, -0.2) is 4.39 Å². The molecule has 0 amide bonds. The summed E-state index contributed by atoms with van der Waals surface area (Å²) in [6.45, 7) is 2.40. The maximum absolute atomic E-state index is 12.8. The predicted molar refractivity (Wildman–Crippen MR) is 77.8 cm³/mol. The number of carbonyl (C=O) groups is 1. The summed E-state index contributed by atoms with van der Waals surface area (Å²) < 4.78 is 12.8. The quantitative estimate of drug-likeness (QED) is 0.662. The number of ketones is 1. The van der Waals surface area contributed by atoms with E-state index in [1.54, 1.807) is 30.3 Å². The minimum absolute atomic E-state index is 0.0327. The summed E-state index contributed by atoms with van der Waals surface area (Å²) in [6.07, 6.45) is 1.57. The lowest BCUT2D eigenvalue weighted by Gasteiger charge is -2.06. The first-order valence-electron chi connectivity index (χ1n) is 6.41. The molecule has 2 aromatic carbocycles. The van der Waals surface area contributed by atoms with Crippen LogP contribution in [-0.2, 0) is 6.54 Å². The molecular formula is C17H16FNO. The molecule has 0 fully saturated rings. The molecule has 2 aromatic rings. The van der Waals surface area contributed by atoms with Crippen molar-refractivity contribution < 1.29 is 9.18 Å². The van der Waals surface area contributed by atoms with Gasteiger partial charge in [-0.1, -0.05) is 42.5 Å². The molecular weight excluding hydrogens is 253 g/mol. The first-order chi connectivity index (χ1) is 9.65. The Morgan fingerprint density at radius 2 is 1.75 bits per heavy atom. The Labute approximate surface area is 118 Å². The topological polar surface area (TPSA) is 29.1 Å². The lowest BCUT2D eigenvalue weighted by molar-refractivity contribution is 0.104. The first-order valence-corrected chi connectivity index (χ1v) is 6.41. The fourth-order valence-corrected chi connectivity index (χ4v) is 1.78. The largest absolute Gasteiger partial charge is 0.384 e. The van der Waals surface area contributed by atoms with Crippen LogP contribution in [0.25, 0.3) is 0 Å². The summed E-state index contributed by atoms with van der Waals surface area (Å²) in [5, 5.41) is 3.14. The second kappa shape index (κ2) is 6.66. The van der Waals surface area contributed by atoms with E-state index in [-0.39, 0.29) is 11.6 Å². The maximum atomic E-state index is 12.8. The average Bonchev–Trinajstić information content (AvgIpc) is 2.47. The number of hydrogen-bond donors (Lipinski definition) is 1. The molecule has 0 atom stereocenters. The van der Waals surface area contributed by atoms with Gasteiger partial charge in [0.05, 0.1) is 0 Å². The van der Waals surface area contributed by atoms with E-state index < -0.39 is 0 Å². The smallest absolute Gasteiger partial charge is 0.187 e. The van der Waals surface area contributed by atoms with Gasteiger partial charge in [-0.2, -0.15) is 0 Å². The van der Waals surface area contributed by atoms with Gasteiger partial charge in [0.2, 0.25) is 0 Å². The van der Waals surface area contributed by atoms with Crippen LogP contribution in [0.4, 0.5) is 4.39 Å². The minimum atomic E-state index is -0.250. The van der Waals surface area contributed by atoms with Gasteiger partial charge in [-0.05, 0) is 24.6 Å². The molecule has 1 N–H and O–H groups in total. The summed E-state index contributed by atoms with van der Waals surface area (Å²) in [4.78, 5) is 11.9. The van der Waals surface area contributed by atoms with E-state index in [1.807, 2.05) is 25.1 Å². The fraction of sp³-hybridized carbons (Fsp3) is 0.118. The molecule has 2 rings (SSSR count). The van der Waals surface area contributed by atoms with Crippen molar-refractivity contribution >= 4 is 5.78 Å². The summed E-state index contributed by atoms with van der Waals surface area (Å²) in [7, 11) is 0. The predicted octanol–water partition coefficient (Wildman–Crippen LogP) is 3.70. The van der Waals surface area contributed by atoms with E-state index in [1.165, 1.54) is 12.1 Å². The van der Waals surface area contributed by atoms with Gasteiger partial charge in [-0.15, -0.1) is 0 Å². The van der Waals surface area contributed by atoms with E-state index >= 15 is 0 Å². The number of carbonyl (C=O) groups excluding carboxylic acids is 1. The van der Waals surface area contributed by atoms with Crippen LogP contribution in [0.5, 0.6) is 0 Å². The lowest BCUT2D eigenvalue weighted by atomic mass is 10.1. The van der Waals surface area contributed by atoms with Crippen LogP contribution in [0.1, 0.15) is 22.8 Å². The third kappa shape index (κ3) is 4.05. The average molecular weight is 269 g/mol. The van der Waals surface area contributed by atoms with Gasteiger partial charge < -0.3 is 5.32 Å². The van der Waals surface area contributed by atoms with Crippen molar-refractivity contribution in [1.82, 2.24) is 5.32 Å². The second-order valence-corrected chi connectivity index (χ2v) is 4.54. The Morgan fingerprint density at radius 3 is 2.40 bits per heavy atom. The molecule has 0 heterocycles. The zero-order chi connectivity index (χ0) is 14.4. The molecule has 0 aliphatic carbocycles. The molecule has 0 aliphatic rings. The normalized spacial score (nSPS) is 11.2. The zero-order valence-corrected chi connectivity index (χ0v) is 11.3. The summed E-state index contributed by atoms with van der Waals surface area (Å²) in [6, 6.07) is 15.4. The van der Waals surface area contributed by atoms with Crippen LogP contribution in [0.2, 0.25) is 0 Å². The van der Waals surface area contributed by atoms with Crippen LogP contribution >= 0.6 is 0 Å². The van der Waals surface area contributed by atoms with Gasteiger partial charge in [0.15, 0.2) is 5.78 Å². The molecule has 0 aliphatic heterocycles. The molecule has 20 heavy (non-hydrogen) atoms. The van der Waals surface area contributed by atoms with E-state index in [9.17, 15) is 9.18 Å². The highest BCUT2D eigenvalue weighted by atomic mass is 19.1. The molecule has 0 bridgehead atoms. The van der Waals surface area contributed by atoms with E-state index in [0.717, 1.165) is 11.3 Å². The van der Waals surface area contributed by atoms with E-state index in [2.05, 4.69) is 5.32 Å². The highest BCUT2D eigenvalue weighted by Crippen LogP contribution is 2.05. The Bertz CT molecular complexity index is 603. The molecule has 0 unspecified atom stereocenters. The van der Waals surface area contributed by atoms with Gasteiger partial charge in [0.25, 0.3) is 0 Å². The maximum Gasteiger partial charge on any atom is 0.187 e. The number of allylic oxidation sites excluding steroid dienone is 2. The number of benzene rings is 2. The monoisotopic (exact) mass is 269 g/mol. The summed E-state index contributed by atoms with van der Waals surface area (Å²) >= 11 is 0. The number of nitrogens with one attached hydrogen (secondary N) is 1. The molecule has 0 saturated carbocycles. The molecule has 0 aromatic heterocycles. The standard InChI is InChI=1S/C17H16FNO/c1-13(11-17(20)15-5-3-2-4-6-15)19-12-14-7-9-16(18)10-8-14/h2-11,19H,12H2,1H3. The van der Waals surface area contributed by atoms with Crippen LogP contribution in [0.15, 0.2) is 66.4 Å². The third-order valence-corrected chi connectivity index (χ3v) is 2.89. The second-order valence-electron chi connectivity index (χ2n) is 4.54. The summed E-state index contributed by atoms with van der Waals surface area (Å²) in [5.74, 6) is -0.282.